The van der Waals surface area contributed by atoms with Crippen LogP contribution in [0.3, 0.4) is 0 Å². The quantitative estimate of drug-likeness (QED) is 0.0210. The lowest BCUT2D eigenvalue weighted by molar-refractivity contribution is -0.405. The first kappa shape index (κ1) is 74.7. The summed E-state index contributed by atoms with van der Waals surface area (Å²) in [4.78, 5) is 195. The minimum atomic E-state index is -2.03. The molecule has 5 rings (SSSR count). The maximum absolute atomic E-state index is 14.6. The summed E-state index contributed by atoms with van der Waals surface area (Å²) < 4.78 is 0. The first-order valence-corrected chi connectivity index (χ1v) is 30.3. The number of carboxylic acid groups (broad SMARTS) is 4. The Morgan fingerprint density at radius 1 is 0.547 bits per heavy atom. The number of carboxylic acids is 4. The summed E-state index contributed by atoms with van der Waals surface area (Å²) in [7, 11) is 0. The predicted molar refractivity (Wildman–Crippen MR) is 330 cm³/mol. The van der Waals surface area contributed by atoms with Crippen molar-refractivity contribution in [2.75, 3.05) is 13.1 Å². The van der Waals surface area contributed by atoms with Gasteiger partial charge in [0.2, 0.25) is 53.2 Å². The van der Waals surface area contributed by atoms with E-state index in [1.807, 2.05) is 0 Å². The third-order valence-electron chi connectivity index (χ3n) is 15.1. The van der Waals surface area contributed by atoms with Crippen LogP contribution in [0.15, 0.2) is 91.4 Å². The van der Waals surface area contributed by atoms with Gasteiger partial charge in [-0.25, -0.2) is 9.78 Å². The van der Waals surface area contributed by atoms with Crippen molar-refractivity contribution in [3.63, 3.8) is 0 Å². The van der Waals surface area contributed by atoms with Crippen LogP contribution in [-0.4, -0.2) is 202 Å². The molecule has 1 aromatic heterocycles. The zero-order chi connectivity index (χ0) is 70.1. The van der Waals surface area contributed by atoms with Crippen molar-refractivity contribution in [3.8, 4) is 11.5 Å². The van der Waals surface area contributed by atoms with Gasteiger partial charge in [0, 0.05) is 50.5 Å². The number of carbonyl (C=O) groups is 14. The van der Waals surface area contributed by atoms with Crippen molar-refractivity contribution < 1.29 is 103 Å². The largest absolute Gasteiger partial charge is 0.508 e. The van der Waals surface area contributed by atoms with Crippen molar-refractivity contribution in [2.45, 2.75) is 152 Å². The first-order chi connectivity index (χ1) is 45.0. The van der Waals surface area contributed by atoms with E-state index >= 15 is 0 Å². The van der Waals surface area contributed by atoms with E-state index in [0.29, 0.717) is 29.7 Å². The second kappa shape index (κ2) is 36.3. The highest BCUT2D eigenvalue weighted by Gasteiger charge is 2.40. The minimum Gasteiger partial charge on any atom is -0.508 e. The molecule has 1 aliphatic rings. The van der Waals surface area contributed by atoms with Gasteiger partial charge in [0.15, 0.2) is 6.04 Å². The number of aromatic nitrogens is 2. The van der Waals surface area contributed by atoms with Crippen LogP contribution in [0, 0.1) is 5.92 Å². The molecular weight excluding hydrogens is 1250 g/mol. The number of carbonyl (C=O) groups excluding carboxylic acids is 10. The summed E-state index contributed by atoms with van der Waals surface area (Å²) >= 11 is 0. The van der Waals surface area contributed by atoms with Crippen LogP contribution in [0.5, 0.6) is 11.5 Å². The van der Waals surface area contributed by atoms with Crippen LogP contribution >= 0.6 is 0 Å². The zero-order valence-electron chi connectivity index (χ0n) is 52.2. The molecule has 0 spiro atoms. The highest BCUT2D eigenvalue weighted by Crippen LogP contribution is 2.21. The van der Waals surface area contributed by atoms with E-state index in [2.05, 4.69) is 63.6 Å². The average Bonchev–Trinajstić information content (AvgIpc) is 1.79. The molecular formula is C62H80N13O20+. The predicted octanol–water partition coefficient (Wildman–Crippen LogP) is -3.35. The third-order valence-corrected chi connectivity index (χ3v) is 15.1. The van der Waals surface area contributed by atoms with E-state index in [1.165, 1.54) is 59.8 Å². The highest BCUT2D eigenvalue weighted by atomic mass is 16.4. The summed E-state index contributed by atoms with van der Waals surface area (Å²) in [6.45, 7) is 3.80. The smallest absolute Gasteiger partial charge is 0.326 e. The number of H-pyrrole nitrogens is 1. The molecule has 0 bridgehead atoms. The molecule has 3 aromatic carbocycles. The lowest BCUT2D eigenvalue weighted by Crippen LogP contribution is -2.70. The first-order valence-electron chi connectivity index (χ1n) is 30.3. The number of phenolic OH excluding ortho intramolecular Hbond substituents is 2. The number of nitrogens with zero attached hydrogens (tertiary/aromatic N) is 2. The zero-order valence-corrected chi connectivity index (χ0v) is 52.2. The Balaban J connectivity index is 1.28. The monoisotopic (exact) mass is 1330 g/mol. The third kappa shape index (κ3) is 24.5. The normalized spacial score (nSPS) is 15.5. The van der Waals surface area contributed by atoms with Crippen LogP contribution in [-0.2, 0) is 92.8 Å². The number of hydrogen-bond acceptors (Lipinski definition) is 17. The maximum atomic E-state index is 14.6. The van der Waals surface area contributed by atoms with E-state index in [1.54, 1.807) is 50.4 Å². The number of hydrogen-bond donors (Lipinski definition) is 17. The van der Waals surface area contributed by atoms with Crippen molar-refractivity contribution in [1.82, 2.24) is 62.7 Å². The molecule has 1 saturated heterocycles. The average molecular weight is 1330 g/mol. The molecule has 4 aromatic rings. The topological polar surface area (TPSA) is 528 Å². The fourth-order valence-electron chi connectivity index (χ4n) is 10.0. The number of imidazole rings is 1. The second-order valence-corrected chi connectivity index (χ2v) is 23.0. The van der Waals surface area contributed by atoms with Crippen molar-refractivity contribution in [2.24, 2.45) is 5.92 Å². The van der Waals surface area contributed by atoms with Crippen molar-refractivity contribution in [3.05, 3.63) is 114 Å². The number of phenols is 2. The molecule has 1 fully saturated rings. The second-order valence-electron chi connectivity index (χ2n) is 23.0. The molecule has 95 heavy (non-hydrogen) atoms. The summed E-state index contributed by atoms with van der Waals surface area (Å²) in [6.07, 6.45) is -0.692. The molecule has 0 aliphatic carbocycles. The van der Waals surface area contributed by atoms with Gasteiger partial charge in [-0.1, -0.05) is 68.4 Å². The molecule has 1 aliphatic heterocycles. The van der Waals surface area contributed by atoms with E-state index in [-0.39, 0.29) is 48.8 Å². The number of likely N-dealkylation sites (tertiary alicyclic amines) is 1. The maximum Gasteiger partial charge on any atom is 0.326 e. The Morgan fingerprint density at radius 2 is 1.02 bits per heavy atom. The van der Waals surface area contributed by atoms with Gasteiger partial charge in [0.05, 0.1) is 25.7 Å². The fraction of sp³-hybridized carbons (Fsp3) is 0.435. The number of aliphatic carboxylic acids is 4. The van der Waals surface area contributed by atoms with Gasteiger partial charge in [-0.05, 0) is 79.5 Å². The lowest BCUT2D eigenvalue weighted by Gasteiger charge is -2.28. The molecule has 10 amide bonds. The Morgan fingerprint density at radius 3 is 1.53 bits per heavy atom. The molecule has 19 N–H and O–H groups in total. The molecule has 0 radical (unpaired) electrons. The van der Waals surface area contributed by atoms with E-state index in [4.69, 9.17) is 0 Å². The molecule has 512 valence electrons. The molecule has 0 saturated carbocycles. The standard InChI is InChI=1S/C62H79N13O20/c1-32(2)52(74-59(91)47-10-7-23-75(47)61(93)40(63)27-37-29-64-31-66-37)60(92)65-30-48(78)68-41(19-21-49(79)80)54(86)67-33(3)53(85)70-45(28-51(83)84)58(90)72-44(25-35-11-15-38(76)16-12-35)57(89)71-43(24-34-8-5-4-6-9-34)56(88)69-42(20-22-50(81)82)55(87)73-46(62(94)95)26-36-13-17-39(77)18-14-36/h4-6,8-9,11-18,29,31-33,40-47,52,76-77H,7,10,19-28,30,63H2,1-3H3,(H,64,66)(H,65,92)(H,67,86)(H,68,78)(H,69,88)(H,70,85)(H,71,89)(H,72,90)(H,73,87)(H,74,91)(H,79,80)(H,81,82)(H,83,84)(H,94,95)/p+1/t33-,40-,41-,42-,43-,44-,45-,46-,47-,52-/m0/s1. The molecule has 2 heterocycles. The van der Waals surface area contributed by atoms with Gasteiger partial charge >= 0.3 is 23.9 Å². The van der Waals surface area contributed by atoms with Gasteiger partial charge < -0.3 is 94.1 Å². The Kier molecular flexibility index (Phi) is 28.6. The van der Waals surface area contributed by atoms with Gasteiger partial charge in [0.1, 0.15) is 65.9 Å². The number of nitrogens with one attached hydrogen (secondary N) is 10. The van der Waals surface area contributed by atoms with Crippen LogP contribution in [0.25, 0.3) is 0 Å². The van der Waals surface area contributed by atoms with Gasteiger partial charge in [-0.15, -0.1) is 0 Å². The Hall–Kier alpha value is -11.0. The van der Waals surface area contributed by atoms with Crippen LogP contribution in [0.4, 0.5) is 0 Å². The van der Waals surface area contributed by atoms with E-state index in [0.717, 1.165) is 6.92 Å². The molecule has 10 atom stereocenters. The minimum absolute atomic E-state index is 0.118. The van der Waals surface area contributed by atoms with Crippen LogP contribution in [0.2, 0.25) is 0 Å². The number of rotatable bonds is 37. The number of amides is 10. The lowest BCUT2D eigenvalue weighted by atomic mass is 10.0. The van der Waals surface area contributed by atoms with Crippen molar-refractivity contribution >= 4 is 82.9 Å². The van der Waals surface area contributed by atoms with E-state index < -0.39 is 188 Å². The van der Waals surface area contributed by atoms with Gasteiger partial charge in [-0.3, -0.25) is 62.3 Å². The van der Waals surface area contributed by atoms with E-state index in [9.17, 15) is 97.8 Å². The van der Waals surface area contributed by atoms with Gasteiger partial charge in [0.25, 0.3) is 5.91 Å². The summed E-state index contributed by atoms with van der Waals surface area (Å²) in [5.41, 5.74) is 5.70. The number of aromatic hydroxyl groups is 2. The van der Waals surface area contributed by atoms with Crippen LogP contribution in [0.1, 0.15) is 88.1 Å². The molecule has 33 nitrogen and oxygen atoms in total. The Labute approximate surface area is 543 Å². The Bertz CT molecular complexity index is 3370. The highest BCUT2D eigenvalue weighted by molar-refractivity contribution is 5.99. The summed E-state index contributed by atoms with van der Waals surface area (Å²) in [5.74, 6) is -16.7. The number of aromatic amines is 1. The summed E-state index contributed by atoms with van der Waals surface area (Å²) in [5, 5.41) is 80.2. The number of quaternary nitrogens is 1. The van der Waals surface area contributed by atoms with Gasteiger partial charge in [-0.2, -0.15) is 0 Å². The number of benzene rings is 3. The summed E-state index contributed by atoms with van der Waals surface area (Å²) in [6, 6.07) is 3.57. The van der Waals surface area contributed by atoms with Crippen LogP contribution < -0.4 is 53.6 Å². The van der Waals surface area contributed by atoms with Crippen molar-refractivity contribution in [1.29, 1.82) is 0 Å². The SMILES string of the molecule is CC(C)[C@H](NC(=O)[C@@H]1CCCN1C(=O)[C@@H]([NH3+])Cc1cnc[nH]1)C(=O)NCC(=O)N[C@@H](CCC(=O)O)C(=O)N[C@@H](C)C(=O)N[C@@H](CC(=O)O)C(=O)N[C@@H](Cc1ccc(O)cc1)C(=O)N[C@@H](Cc1ccccc1)C(=O)N[C@@H](CCC(=O)O)C(=O)N[C@@H](Cc1ccc(O)cc1)C(=O)O. The molecule has 33 heteroatoms. The molecule has 0 unspecified atom stereocenters. The fourth-order valence-corrected chi connectivity index (χ4v) is 10.0.